The molecular weight excluding hydrogens is 148 g/mol. The van der Waals surface area contributed by atoms with E-state index in [1.807, 2.05) is 19.9 Å². The van der Waals surface area contributed by atoms with Crippen molar-refractivity contribution in [3.05, 3.63) is 29.1 Å². The molecular formula is C10H12N2. The Kier molecular flexibility index (Phi) is 2.47. The number of hydrogen-bond acceptors (Lipinski definition) is 2. The minimum atomic E-state index is -0.100. The zero-order valence-corrected chi connectivity index (χ0v) is 7.33. The van der Waals surface area contributed by atoms with Gasteiger partial charge in [-0.3, -0.25) is 4.98 Å². The molecule has 2 nitrogen and oxygen atoms in total. The molecule has 0 unspecified atom stereocenters. The van der Waals surface area contributed by atoms with Crippen molar-refractivity contribution in [2.45, 2.75) is 19.9 Å². The summed E-state index contributed by atoms with van der Waals surface area (Å²) in [4.78, 5) is 4.18. The second-order valence-corrected chi connectivity index (χ2v) is 2.88. The first-order valence-corrected chi connectivity index (χ1v) is 3.84. The van der Waals surface area contributed by atoms with Crippen molar-refractivity contribution in [1.82, 2.24) is 4.98 Å². The highest BCUT2D eigenvalue weighted by Gasteiger charge is 2.05. The molecule has 0 aliphatic carbocycles. The Labute approximate surface area is 72.8 Å². The van der Waals surface area contributed by atoms with E-state index >= 15 is 0 Å². The standard InChI is InChI=1S/C10H12N2/c1-4-9-5-7(2)6-12-10(9)8(3)11/h1,5-6,8H,11H2,2-3H3/t8-/m1/s1. The van der Waals surface area contributed by atoms with Crippen molar-refractivity contribution in [2.24, 2.45) is 5.73 Å². The predicted molar refractivity (Wildman–Crippen MR) is 49.5 cm³/mol. The smallest absolute Gasteiger partial charge is 0.0724 e. The number of terminal acetylenes is 1. The van der Waals surface area contributed by atoms with Crippen LogP contribution in [0.2, 0.25) is 0 Å². The fraction of sp³-hybridized carbons (Fsp3) is 0.300. The molecule has 0 fully saturated rings. The van der Waals surface area contributed by atoms with Gasteiger partial charge in [-0.15, -0.1) is 6.42 Å². The van der Waals surface area contributed by atoms with Crippen LogP contribution in [-0.4, -0.2) is 4.98 Å². The van der Waals surface area contributed by atoms with Crippen molar-refractivity contribution in [3.8, 4) is 12.3 Å². The molecule has 12 heavy (non-hydrogen) atoms. The Morgan fingerprint density at radius 2 is 2.33 bits per heavy atom. The van der Waals surface area contributed by atoms with Gasteiger partial charge in [-0.25, -0.2) is 0 Å². The predicted octanol–water partition coefficient (Wildman–Crippen LogP) is 1.39. The molecule has 1 rings (SSSR count). The molecule has 2 N–H and O–H groups in total. The number of nitrogens with two attached hydrogens (primary N) is 1. The molecule has 0 aliphatic heterocycles. The summed E-state index contributed by atoms with van der Waals surface area (Å²) in [7, 11) is 0. The molecule has 0 saturated carbocycles. The number of hydrogen-bond donors (Lipinski definition) is 1. The summed E-state index contributed by atoms with van der Waals surface area (Å²) in [5.41, 5.74) is 8.34. The van der Waals surface area contributed by atoms with E-state index in [9.17, 15) is 0 Å². The van der Waals surface area contributed by atoms with Gasteiger partial charge < -0.3 is 5.73 Å². The van der Waals surface area contributed by atoms with Gasteiger partial charge in [-0.2, -0.15) is 0 Å². The molecule has 62 valence electrons. The normalized spacial score (nSPS) is 12.2. The van der Waals surface area contributed by atoms with Crippen LogP contribution in [0.5, 0.6) is 0 Å². The largest absolute Gasteiger partial charge is 0.323 e. The molecule has 0 aliphatic rings. The van der Waals surface area contributed by atoms with Gasteiger partial charge in [0.25, 0.3) is 0 Å². The van der Waals surface area contributed by atoms with E-state index in [0.717, 1.165) is 16.8 Å². The molecule has 0 aromatic carbocycles. The number of aromatic nitrogens is 1. The van der Waals surface area contributed by atoms with Crippen molar-refractivity contribution >= 4 is 0 Å². The van der Waals surface area contributed by atoms with Gasteiger partial charge in [0.1, 0.15) is 0 Å². The van der Waals surface area contributed by atoms with E-state index in [1.54, 1.807) is 6.20 Å². The van der Waals surface area contributed by atoms with Gasteiger partial charge in [0, 0.05) is 17.8 Å². The van der Waals surface area contributed by atoms with Crippen LogP contribution in [0.3, 0.4) is 0 Å². The van der Waals surface area contributed by atoms with Crippen LogP contribution in [0.1, 0.15) is 29.8 Å². The highest BCUT2D eigenvalue weighted by atomic mass is 14.8. The Morgan fingerprint density at radius 1 is 1.67 bits per heavy atom. The van der Waals surface area contributed by atoms with Crippen molar-refractivity contribution in [1.29, 1.82) is 0 Å². The third-order valence-corrected chi connectivity index (χ3v) is 1.64. The van der Waals surface area contributed by atoms with E-state index in [0.29, 0.717) is 0 Å². The molecule has 0 saturated heterocycles. The minimum absolute atomic E-state index is 0.100. The van der Waals surface area contributed by atoms with Gasteiger partial charge in [0.2, 0.25) is 0 Å². The lowest BCUT2D eigenvalue weighted by molar-refractivity contribution is 0.776. The summed E-state index contributed by atoms with van der Waals surface area (Å²) < 4.78 is 0. The van der Waals surface area contributed by atoms with Crippen LogP contribution in [0.15, 0.2) is 12.3 Å². The zero-order valence-electron chi connectivity index (χ0n) is 7.33. The summed E-state index contributed by atoms with van der Waals surface area (Å²) >= 11 is 0. The summed E-state index contributed by atoms with van der Waals surface area (Å²) in [6, 6.07) is 1.82. The lowest BCUT2D eigenvalue weighted by atomic mass is 10.1. The third-order valence-electron chi connectivity index (χ3n) is 1.64. The topological polar surface area (TPSA) is 38.9 Å². The van der Waals surface area contributed by atoms with Crippen LogP contribution in [-0.2, 0) is 0 Å². The summed E-state index contributed by atoms with van der Waals surface area (Å²) in [6.07, 6.45) is 7.09. The SMILES string of the molecule is C#Cc1cc(C)cnc1[C@@H](C)N. The Hall–Kier alpha value is -1.33. The van der Waals surface area contributed by atoms with Gasteiger partial charge in [0.15, 0.2) is 0 Å². The van der Waals surface area contributed by atoms with Crippen LogP contribution < -0.4 is 5.73 Å². The zero-order chi connectivity index (χ0) is 9.14. The number of rotatable bonds is 1. The van der Waals surface area contributed by atoms with Gasteiger partial charge in [-0.1, -0.05) is 5.92 Å². The molecule has 1 aromatic heterocycles. The van der Waals surface area contributed by atoms with Crippen LogP contribution in [0, 0.1) is 19.3 Å². The van der Waals surface area contributed by atoms with Gasteiger partial charge >= 0.3 is 0 Å². The maximum atomic E-state index is 5.68. The Morgan fingerprint density at radius 3 is 2.83 bits per heavy atom. The monoisotopic (exact) mass is 160 g/mol. The first kappa shape index (κ1) is 8.76. The van der Waals surface area contributed by atoms with E-state index in [-0.39, 0.29) is 6.04 Å². The van der Waals surface area contributed by atoms with Crippen LogP contribution >= 0.6 is 0 Å². The minimum Gasteiger partial charge on any atom is -0.323 e. The maximum Gasteiger partial charge on any atom is 0.0724 e. The summed E-state index contributed by atoms with van der Waals surface area (Å²) in [5, 5.41) is 0. The molecule has 0 amide bonds. The third kappa shape index (κ3) is 1.63. The van der Waals surface area contributed by atoms with Crippen molar-refractivity contribution in [2.75, 3.05) is 0 Å². The summed E-state index contributed by atoms with van der Waals surface area (Å²) in [5.74, 6) is 2.58. The highest BCUT2D eigenvalue weighted by Crippen LogP contribution is 2.12. The summed E-state index contributed by atoms with van der Waals surface area (Å²) in [6.45, 7) is 3.83. The van der Waals surface area contributed by atoms with Crippen LogP contribution in [0.4, 0.5) is 0 Å². The molecule has 0 spiro atoms. The maximum absolute atomic E-state index is 5.68. The number of nitrogens with zero attached hydrogens (tertiary/aromatic N) is 1. The second-order valence-electron chi connectivity index (χ2n) is 2.88. The van der Waals surface area contributed by atoms with Crippen molar-refractivity contribution < 1.29 is 0 Å². The van der Waals surface area contributed by atoms with Gasteiger partial charge in [-0.05, 0) is 25.5 Å². The molecule has 0 bridgehead atoms. The highest BCUT2D eigenvalue weighted by molar-refractivity contribution is 5.39. The fourth-order valence-corrected chi connectivity index (χ4v) is 1.06. The molecule has 1 heterocycles. The molecule has 1 atom stereocenters. The van der Waals surface area contributed by atoms with Gasteiger partial charge in [0.05, 0.1) is 5.69 Å². The fourth-order valence-electron chi connectivity index (χ4n) is 1.06. The lowest BCUT2D eigenvalue weighted by Gasteiger charge is -2.07. The first-order valence-electron chi connectivity index (χ1n) is 3.84. The lowest BCUT2D eigenvalue weighted by Crippen LogP contribution is -2.09. The van der Waals surface area contributed by atoms with E-state index < -0.39 is 0 Å². The van der Waals surface area contributed by atoms with Crippen molar-refractivity contribution in [3.63, 3.8) is 0 Å². The average Bonchev–Trinajstić information content (AvgIpc) is 2.03. The first-order chi connectivity index (χ1) is 5.65. The molecule has 2 heteroatoms. The van der Waals surface area contributed by atoms with E-state index in [4.69, 9.17) is 12.2 Å². The number of pyridine rings is 1. The van der Waals surface area contributed by atoms with Crippen LogP contribution in [0.25, 0.3) is 0 Å². The van der Waals surface area contributed by atoms with E-state index in [1.165, 1.54) is 0 Å². The Balaban J connectivity index is 3.23. The average molecular weight is 160 g/mol. The second kappa shape index (κ2) is 3.38. The number of aryl methyl sites for hydroxylation is 1. The van der Waals surface area contributed by atoms with E-state index in [2.05, 4.69) is 10.9 Å². The quantitative estimate of drug-likeness (QED) is 0.630. The molecule has 1 aromatic rings. The Bertz CT molecular complexity index is 321. The molecule has 0 radical (unpaired) electrons.